The smallest absolute Gasteiger partial charge is 0.522 e. The molecule has 0 aromatic rings. The first-order valence-electron chi connectivity index (χ1n) is 14.4. The molecule has 0 bridgehead atoms. The van der Waals surface area contributed by atoms with Crippen molar-refractivity contribution in [1.29, 1.82) is 0 Å². The second-order valence-electron chi connectivity index (χ2n) is 10.0. The van der Waals surface area contributed by atoms with Gasteiger partial charge in [0.05, 0.1) is 63.7 Å². The zero-order valence-corrected chi connectivity index (χ0v) is 28.0. The lowest BCUT2D eigenvalue weighted by molar-refractivity contribution is -0.929. The summed E-state index contributed by atoms with van der Waals surface area (Å²) in [6.45, 7) is 33.9. The van der Waals surface area contributed by atoms with Gasteiger partial charge in [-0.3, -0.25) is 4.55 Å². The molecule has 0 aliphatic rings. The Morgan fingerprint density at radius 2 is 0.881 bits per heavy atom. The molecule has 0 aromatic heterocycles. The molecule has 0 fully saturated rings. The fraction of sp³-hybridized carbons (Fsp3) is 0.724. The van der Waals surface area contributed by atoms with Gasteiger partial charge >= 0.3 is 15.6 Å². The highest BCUT2D eigenvalue weighted by Gasteiger charge is 2.44. The topological polar surface area (TPSA) is 115 Å². The standard InChI is InChI=1S/C16H36N.C12H20N.CHF3O3S.H2O3S/c1-5-9-13-17(14-10-6-2,15-11-7-3)16-12-8-4;1-5-9-13(10-6-2,11-7-3)12-8-4;2-1(3,4)8(5,6)7;1-4(2)3/h5-16H2,1-4H3;5-8H,1-4,9-12H2;(H,5,6,7);(H2,1,2,3)/q2*+1;;/p-1. The van der Waals surface area contributed by atoms with Crippen LogP contribution in [0.25, 0.3) is 0 Å². The Bertz CT molecular complexity index is 736. The highest BCUT2D eigenvalue weighted by atomic mass is 32.2. The molecule has 13 heteroatoms. The van der Waals surface area contributed by atoms with Crippen molar-refractivity contribution < 1.29 is 48.4 Å². The van der Waals surface area contributed by atoms with Crippen LogP contribution in [0.2, 0.25) is 0 Å². The van der Waals surface area contributed by atoms with Crippen LogP contribution in [0.1, 0.15) is 79.1 Å². The summed E-state index contributed by atoms with van der Waals surface area (Å²) in [6.07, 6.45) is 18.8. The monoisotopic (exact) mass is 651 g/mol. The van der Waals surface area contributed by atoms with Gasteiger partial charge in [0.2, 0.25) is 0 Å². The number of alkyl halides is 3. The van der Waals surface area contributed by atoms with Crippen molar-refractivity contribution in [2.75, 3.05) is 52.4 Å². The average molecular weight is 652 g/mol. The summed E-state index contributed by atoms with van der Waals surface area (Å²) in [4.78, 5) is 0. The predicted octanol–water partition coefficient (Wildman–Crippen LogP) is 7.28. The van der Waals surface area contributed by atoms with Gasteiger partial charge in [0.15, 0.2) is 0 Å². The average Bonchev–Trinajstić information content (AvgIpc) is 2.88. The fourth-order valence-electron chi connectivity index (χ4n) is 4.19. The molecule has 252 valence electrons. The summed E-state index contributed by atoms with van der Waals surface area (Å²) in [6, 6.07) is 0. The minimum absolute atomic E-state index is 0.903. The third kappa shape index (κ3) is 28.8. The van der Waals surface area contributed by atoms with Gasteiger partial charge in [-0.15, -0.1) is 0 Å². The van der Waals surface area contributed by atoms with Crippen molar-refractivity contribution >= 4 is 21.5 Å². The van der Waals surface area contributed by atoms with Crippen molar-refractivity contribution in [3.05, 3.63) is 50.6 Å². The summed E-state index contributed by atoms with van der Waals surface area (Å²) >= 11 is -2.86. The van der Waals surface area contributed by atoms with E-state index in [9.17, 15) is 13.2 Å². The van der Waals surface area contributed by atoms with E-state index in [-0.39, 0.29) is 0 Å². The summed E-state index contributed by atoms with van der Waals surface area (Å²) in [5.41, 5.74) is -5.53. The quantitative estimate of drug-likeness (QED) is 0.0470. The van der Waals surface area contributed by atoms with Crippen molar-refractivity contribution in [2.24, 2.45) is 0 Å². The van der Waals surface area contributed by atoms with E-state index in [2.05, 4.69) is 54.0 Å². The maximum Gasteiger partial charge on any atom is 0.522 e. The van der Waals surface area contributed by atoms with Crippen LogP contribution in [-0.2, 0) is 21.5 Å². The Hall–Kier alpha value is -1.35. The first-order chi connectivity index (χ1) is 19.5. The second kappa shape index (κ2) is 28.4. The van der Waals surface area contributed by atoms with Gasteiger partial charge in [-0.2, -0.15) is 21.6 Å². The summed E-state index contributed by atoms with van der Waals surface area (Å²) in [5.74, 6) is 0. The summed E-state index contributed by atoms with van der Waals surface area (Å²) in [7, 11) is -5.84. The Morgan fingerprint density at radius 1 is 0.690 bits per heavy atom. The van der Waals surface area contributed by atoms with Crippen molar-refractivity contribution in [3.8, 4) is 0 Å². The first kappa shape index (κ1) is 47.6. The minimum atomic E-state index is -5.84. The number of rotatable bonds is 20. The van der Waals surface area contributed by atoms with Crippen LogP contribution >= 0.6 is 0 Å². The molecule has 8 nitrogen and oxygen atoms in total. The highest BCUT2D eigenvalue weighted by molar-refractivity contribution is 7.86. The van der Waals surface area contributed by atoms with E-state index in [4.69, 9.17) is 26.3 Å². The third-order valence-corrected chi connectivity index (χ3v) is 6.89. The third-order valence-electron chi connectivity index (χ3n) is 6.30. The van der Waals surface area contributed by atoms with Gasteiger partial charge in [-0.25, -0.2) is 4.21 Å². The van der Waals surface area contributed by atoms with Gasteiger partial charge in [0, 0.05) is 0 Å². The summed E-state index contributed by atoms with van der Waals surface area (Å²) in [5, 5.41) is 0. The molecule has 0 heterocycles. The number of hydrogen-bond acceptors (Lipinski definition) is 4. The van der Waals surface area contributed by atoms with Gasteiger partial charge in [-0.1, -0.05) is 79.7 Å². The van der Waals surface area contributed by atoms with Gasteiger partial charge in [0.25, 0.3) is 0 Å². The molecule has 0 saturated carbocycles. The van der Waals surface area contributed by atoms with E-state index in [0.29, 0.717) is 0 Å². The fourth-order valence-corrected chi connectivity index (χ4v) is 4.19. The van der Waals surface area contributed by atoms with E-state index in [1.807, 2.05) is 24.3 Å². The van der Waals surface area contributed by atoms with Crippen LogP contribution in [0, 0.1) is 0 Å². The van der Waals surface area contributed by atoms with Crippen molar-refractivity contribution in [1.82, 2.24) is 0 Å². The van der Waals surface area contributed by atoms with E-state index in [1.165, 1.54) is 82.0 Å². The lowest BCUT2D eigenvalue weighted by Crippen LogP contribution is -2.50. The van der Waals surface area contributed by atoms with Crippen molar-refractivity contribution in [3.63, 3.8) is 0 Å². The van der Waals surface area contributed by atoms with E-state index in [0.717, 1.165) is 30.7 Å². The molecule has 1 unspecified atom stereocenters. The van der Waals surface area contributed by atoms with Gasteiger partial charge in [-0.05, 0) is 50.0 Å². The maximum absolute atomic E-state index is 10.7. The molecule has 0 saturated heterocycles. The normalized spacial score (nSPS) is 12.2. The Kier molecular flexibility index (Phi) is 32.2. The molecule has 0 rings (SSSR count). The van der Waals surface area contributed by atoms with Crippen LogP contribution < -0.4 is 0 Å². The molecule has 0 aromatic carbocycles. The van der Waals surface area contributed by atoms with E-state index < -0.39 is 27.0 Å². The second-order valence-corrected chi connectivity index (χ2v) is 11.9. The zero-order chi connectivity index (χ0) is 33.7. The minimum Gasteiger partial charge on any atom is -0.750 e. The molecule has 2 N–H and O–H groups in total. The Labute approximate surface area is 257 Å². The number of unbranched alkanes of at least 4 members (excludes halogenated alkanes) is 4. The lowest BCUT2D eigenvalue weighted by atomic mass is 10.1. The number of hydrogen-bond donors (Lipinski definition) is 2. The largest absolute Gasteiger partial charge is 0.750 e. The van der Waals surface area contributed by atoms with Crippen LogP contribution in [0.5, 0.6) is 0 Å². The zero-order valence-electron chi connectivity index (χ0n) is 26.3. The van der Waals surface area contributed by atoms with Crippen LogP contribution in [0.4, 0.5) is 13.2 Å². The Balaban J connectivity index is -0.000000254. The molecular weight excluding hydrogens is 593 g/mol. The van der Waals surface area contributed by atoms with E-state index >= 15 is 0 Å². The van der Waals surface area contributed by atoms with Gasteiger partial charge in [0.1, 0.15) is 0 Å². The molecule has 0 amide bonds. The van der Waals surface area contributed by atoms with Crippen LogP contribution in [0.15, 0.2) is 50.6 Å². The lowest BCUT2D eigenvalue weighted by Gasteiger charge is -2.39. The highest BCUT2D eigenvalue weighted by Crippen LogP contribution is 2.20. The van der Waals surface area contributed by atoms with Crippen LogP contribution in [-0.4, -0.2) is 93.1 Å². The molecular formula is C29H58F3N2O6S2+. The molecule has 1 atom stereocenters. The SMILES string of the molecule is C=CC[N+](CC=C)(CC=C)CC=C.CCCC[N+](CCCC)(CCCC)CCCC.O=S(=O)(O)C(F)(F)F.O=S([O-])O. The molecule has 0 aliphatic carbocycles. The number of nitrogens with zero attached hydrogens (tertiary/aromatic N) is 2. The summed E-state index contributed by atoms with van der Waals surface area (Å²) < 4.78 is 83.9. The molecule has 0 aliphatic heterocycles. The molecule has 42 heavy (non-hydrogen) atoms. The van der Waals surface area contributed by atoms with Crippen LogP contribution in [0.3, 0.4) is 0 Å². The maximum atomic E-state index is 10.7. The van der Waals surface area contributed by atoms with Gasteiger partial charge < -0.3 is 18.1 Å². The Morgan fingerprint density at radius 3 is 1.00 bits per heavy atom. The molecule has 0 radical (unpaired) electrons. The number of quaternary nitrogens is 2. The van der Waals surface area contributed by atoms with Crippen molar-refractivity contribution in [2.45, 2.75) is 84.6 Å². The van der Waals surface area contributed by atoms with E-state index in [1.54, 1.807) is 0 Å². The number of halogens is 3. The first-order valence-corrected chi connectivity index (χ1v) is 16.9. The molecule has 0 spiro atoms. The predicted molar refractivity (Wildman–Crippen MR) is 169 cm³/mol.